The number of ether oxygens (including phenoxy) is 13. The van der Waals surface area contributed by atoms with Crippen LogP contribution in [0.25, 0.3) is 10.9 Å². The Morgan fingerprint density at radius 2 is 0.833 bits per heavy atom. The molecule has 0 spiro atoms. The van der Waals surface area contributed by atoms with Gasteiger partial charge in [-0.1, -0.05) is 118 Å². The van der Waals surface area contributed by atoms with E-state index in [2.05, 4.69) is 92.0 Å². The van der Waals surface area contributed by atoms with Crippen molar-refractivity contribution in [3.8, 4) is 40.9 Å². The maximum atomic E-state index is 12.8. The first-order valence-corrected chi connectivity index (χ1v) is 48.0. The SMILES string of the molecule is CCCC(=O)c1ccc(O)cc1.CCCC(=O)c1ccc(OCC(OCC)OCC)cc1.CCCC(N)c1ccc(OCC(OCC)OCC)cc1.CCCC(NC(=O)/C(C#N)=C/c1cccc(Br)n1)c1ccc(OCC(OCC)OCC)cc1.CCCC(NC(=O)CC#N)c1ccc(OCC(OCC)OCC)cc1.CCOC(C)CBr.O=CO[O-].O=Cc1cccc(Br)n1.[C-]#[N+]CC(=O)O.[H-].[K+].[K+]. The molecule has 0 fully saturated rings. The van der Waals surface area contributed by atoms with E-state index in [1.165, 1.54) is 18.2 Å². The van der Waals surface area contributed by atoms with E-state index < -0.39 is 24.7 Å². The fraction of sp³-hybridized carbons (Fsp3) is 0.485. The van der Waals surface area contributed by atoms with Crippen LogP contribution >= 0.6 is 47.8 Å². The van der Waals surface area contributed by atoms with E-state index in [-0.39, 0.29) is 189 Å². The number of benzene rings is 5. The Hall–Kier alpha value is -7.23. The van der Waals surface area contributed by atoms with Crippen LogP contribution in [0.2, 0.25) is 0 Å². The number of phenolic OH excluding ortho intramolecular Hbond substituents is 1. The normalized spacial score (nSPS) is 11.1. The number of carboxylic acids is 1. The predicted molar refractivity (Wildman–Crippen MR) is 531 cm³/mol. The van der Waals surface area contributed by atoms with Gasteiger partial charge in [0.15, 0.2) is 43.0 Å². The van der Waals surface area contributed by atoms with Gasteiger partial charge in [0.05, 0.1) is 30.0 Å². The molecule has 32 nitrogen and oxygen atoms in total. The molecule has 37 heteroatoms. The van der Waals surface area contributed by atoms with Gasteiger partial charge in [0.25, 0.3) is 12.4 Å². The molecule has 0 aliphatic rings. The minimum atomic E-state index is -1.06. The molecule has 0 aliphatic carbocycles. The summed E-state index contributed by atoms with van der Waals surface area (Å²) < 4.78 is 72.8. The third-order valence-electron chi connectivity index (χ3n) is 17.4. The predicted octanol–water partition coefficient (Wildman–Crippen LogP) is 13.6. The summed E-state index contributed by atoms with van der Waals surface area (Å²) >= 11 is 9.72. The van der Waals surface area contributed by atoms with Crippen LogP contribution in [0.3, 0.4) is 0 Å². The van der Waals surface area contributed by atoms with Crippen molar-refractivity contribution >= 4 is 96.0 Å². The van der Waals surface area contributed by atoms with Crippen molar-refractivity contribution in [2.24, 2.45) is 5.73 Å². The van der Waals surface area contributed by atoms with Crippen LogP contribution in [0.4, 0.5) is 0 Å². The standard InChI is InChI=1S/C25H30BrN3O4.C19H28N2O4.C16H27NO3.C16H24O4.C10H12O2.C6H4BrNO.C5H11BrO.C3H3NO2.CH2O3.2K.H/c1-4-8-22(29-25(30)19(16-27)15-20-9-7-10-23(26)28-20)18-11-13-21(14-12-18)33-17-24(31-5-2)32-6-3;1-4-7-17(21-18(22)12-13-20)15-8-10-16(11-9-15)25-14-19(23-5-2)24-6-3;2*1-4-7-15(17)13-8-10-14(11-9-13)20-12-16(18-5-2)19-6-3;1-2-3-10(12)8-4-6-9(11)7-5-8;7-6-3-1-2-5(4-9)8-6;1-3-7-5(2)4-6;1-4-2-3(5)6;2-1-4-3;;;/h7,9-15,22,24H,4-6,8,17H2,1-3H3,(H,29,30);8-11,17,19H,4-7,12,14H2,1-3H3,(H,21,22);8-11,15-16H,4-7,12,17H2,1-3H3;8-11,16H,4-7,12H2,1-3H3;4-7,11H,2-3H2,1H3;1-4H;5H,3-4H2,1-2H3;2H2,(H,5,6);1,3H;;;/q;;;;;;;;;2*+1;-1/p-1/b19-15+;;;;;;;;;;;. The van der Waals surface area contributed by atoms with E-state index in [0.29, 0.717) is 141 Å². The number of hydrogen-bond donors (Lipinski definition) is 5. The Morgan fingerprint density at radius 3 is 1.11 bits per heavy atom. The number of nitriles is 2. The molecule has 0 aliphatic heterocycles. The van der Waals surface area contributed by atoms with Crippen molar-refractivity contribution in [2.45, 2.75) is 224 Å². The molecule has 0 bridgehead atoms. The summed E-state index contributed by atoms with van der Waals surface area (Å²) in [6.45, 7) is 41.7. The van der Waals surface area contributed by atoms with Crippen LogP contribution in [0.15, 0.2) is 173 Å². The van der Waals surface area contributed by atoms with Crippen LogP contribution in [0.5, 0.6) is 28.7 Å². The number of Topliss-reactive ketones (excluding diaryl/α,β-unsaturated/α-hetero) is 2. The number of rotatable bonds is 54. The fourth-order valence-corrected chi connectivity index (χ4v) is 12.1. The largest absolute Gasteiger partial charge is 1.00 e. The maximum Gasteiger partial charge on any atom is 1.00 e. The summed E-state index contributed by atoms with van der Waals surface area (Å²) in [5.74, 6) is 1.66. The Bertz CT molecular complexity index is 4450. The van der Waals surface area contributed by atoms with Crippen molar-refractivity contribution in [2.75, 3.05) is 97.8 Å². The fourth-order valence-electron chi connectivity index (χ4n) is 11.2. The zero-order valence-electron chi connectivity index (χ0n) is 84.1. The molecule has 4 unspecified atom stereocenters. The van der Waals surface area contributed by atoms with Gasteiger partial charge in [0, 0.05) is 94.8 Å². The number of aromatic hydroxyl groups is 1. The zero-order valence-corrected chi connectivity index (χ0v) is 94.1. The number of carboxylic acid groups (broad SMARTS) is 1. The quantitative estimate of drug-likeness (QED) is 0.00202. The molecule has 7 rings (SSSR count). The van der Waals surface area contributed by atoms with E-state index in [1.807, 2.05) is 175 Å². The summed E-state index contributed by atoms with van der Waals surface area (Å²) in [7, 11) is 0. The van der Waals surface area contributed by atoms with Crippen LogP contribution < -0.4 is 143 Å². The second-order valence-corrected chi connectivity index (χ2v) is 30.3. The first-order valence-electron chi connectivity index (χ1n) is 45.3. The number of amides is 2. The molecular formula is C101H141Br3K2N8O24. The average molecular weight is 2170 g/mol. The van der Waals surface area contributed by atoms with Gasteiger partial charge in [-0.15, -0.1) is 0 Å². The van der Waals surface area contributed by atoms with E-state index in [1.54, 1.807) is 72.8 Å². The van der Waals surface area contributed by atoms with E-state index in [4.69, 9.17) is 99.4 Å². The Kier molecular flexibility index (Phi) is 91.6. The second kappa shape index (κ2) is 92.2. The number of aliphatic carboxylic acids is 1. The number of carbonyl (C=O) groups excluding carboxylic acids is 6. The first-order chi connectivity index (χ1) is 65.6. The van der Waals surface area contributed by atoms with Gasteiger partial charge in [0.2, 0.25) is 5.91 Å². The number of pyridine rings is 2. The van der Waals surface area contributed by atoms with Crippen LogP contribution in [-0.2, 0) is 66.7 Å². The molecule has 2 aromatic heterocycles. The molecule has 0 saturated heterocycles. The third kappa shape index (κ3) is 69.6. The average Bonchev–Trinajstić information content (AvgIpc) is 0.869. The van der Waals surface area contributed by atoms with Crippen molar-refractivity contribution in [3.63, 3.8) is 0 Å². The molecule has 0 saturated carbocycles. The van der Waals surface area contributed by atoms with Gasteiger partial charge in [-0.25, -0.2) is 21.3 Å². The third-order valence-corrected chi connectivity index (χ3v) is 19.2. The smallest absolute Gasteiger partial charge is 1.00 e. The van der Waals surface area contributed by atoms with Gasteiger partial charge in [-0.3, -0.25) is 28.8 Å². The van der Waals surface area contributed by atoms with Crippen LogP contribution in [0.1, 0.15) is 248 Å². The number of aromatic nitrogens is 2. The van der Waals surface area contributed by atoms with Gasteiger partial charge < -0.3 is 105 Å². The number of phenols is 1. The minimum absolute atomic E-state index is 0. The van der Waals surface area contributed by atoms with Gasteiger partial charge in [-0.05, 0) is 265 Å². The van der Waals surface area contributed by atoms with E-state index in [9.17, 15) is 34.0 Å². The number of aldehydes is 1. The van der Waals surface area contributed by atoms with Crippen molar-refractivity contribution < 1.29 is 220 Å². The van der Waals surface area contributed by atoms with Crippen molar-refractivity contribution in [3.05, 3.63) is 223 Å². The molecule has 5 aromatic carbocycles. The van der Waals surface area contributed by atoms with E-state index >= 15 is 0 Å². The number of nitrogens with zero attached hydrogens (tertiary/aromatic N) is 5. The van der Waals surface area contributed by atoms with E-state index in [0.717, 1.165) is 91.3 Å². The topological polar surface area (TPSA) is 440 Å². The summed E-state index contributed by atoms with van der Waals surface area (Å²) in [5.41, 5.74) is 11.5. The number of carbonyl (C=O) groups is 7. The Morgan fingerprint density at radius 1 is 0.500 bits per heavy atom. The number of halogens is 3. The number of alkyl halides is 1. The first kappa shape index (κ1) is 137. The maximum absolute atomic E-state index is 12.8. The van der Waals surface area contributed by atoms with Gasteiger partial charge >= 0.3 is 115 Å². The van der Waals surface area contributed by atoms with Gasteiger partial charge in [0.1, 0.15) is 88.1 Å². The molecule has 138 heavy (non-hydrogen) atoms. The Labute approximate surface area is 928 Å². The minimum Gasteiger partial charge on any atom is -1.00 e. The molecule has 2 heterocycles. The summed E-state index contributed by atoms with van der Waals surface area (Å²) in [5, 5.41) is 50.0. The zero-order chi connectivity index (χ0) is 102. The van der Waals surface area contributed by atoms with Crippen molar-refractivity contribution in [1.29, 1.82) is 10.5 Å². The number of ketones is 2. The summed E-state index contributed by atoms with van der Waals surface area (Å²) in [4.78, 5) is 88.9. The molecular weight excluding hydrogens is 2030 g/mol. The molecule has 752 valence electrons. The summed E-state index contributed by atoms with van der Waals surface area (Å²) in [6, 6.07) is 50.7. The van der Waals surface area contributed by atoms with Crippen molar-refractivity contribution in [1.82, 2.24) is 20.6 Å². The monoisotopic (exact) mass is 2160 g/mol. The molecule has 7 aromatic rings. The molecule has 6 N–H and O–H groups in total. The molecule has 0 radical (unpaired) electrons. The van der Waals surface area contributed by atoms with Gasteiger partial charge in [-0.2, -0.15) is 10.5 Å². The molecule has 2 amide bonds. The second-order valence-electron chi connectivity index (χ2n) is 28.1. The number of nitrogens with two attached hydrogens (primary N) is 1. The molecule has 4 atom stereocenters. The Balaban J connectivity index is -0.000000512. The number of nitrogens with one attached hydrogen (secondary N) is 2. The van der Waals surface area contributed by atoms with Crippen LogP contribution in [-0.4, -0.2) is 191 Å². The summed E-state index contributed by atoms with van der Waals surface area (Å²) in [6.07, 6.45) is 9.27. The number of hydrogen-bond acceptors (Lipinski definition) is 28. The van der Waals surface area contributed by atoms with Crippen LogP contribution in [0, 0.1) is 29.2 Å².